The molecule has 0 radical (unpaired) electrons. The van der Waals surface area contributed by atoms with Gasteiger partial charge in [-0.3, -0.25) is 0 Å². The number of alkyl halides is 1. The van der Waals surface area contributed by atoms with Crippen molar-refractivity contribution in [1.29, 1.82) is 0 Å². The van der Waals surface area contributed by atoms with Crippen LogP contribution in [0.1, 0.15) is 22.1 Å². The SMILES string of the molecule is Clc1cccc(C(Cl)c2ccc3c(c2)CCO3)c1Cl. The van der Waals surface area contributed by atoms with Gasteiger partial charge in [0, 0.05) is 6.42 Å². The number of benzene rings is 2. The molecule has 0 aromatic heterocycles. The normalized spacial score (nSPS) is 14.9. The molecule has 3 rings (SSSR count). The smallest absolute Gasteiger partial charge is 0.122 e. The van der Waals surface area contributed by atoms with Crippen molar-refractivity contribution in [3.05, 3.63) is 63.1 Å². The van der Waals surface area contributed by atoms with Gasteiger partial charge in [-0.25, -0.2) is 0 Å². The van der Waals surface area contributed by atoms with Crippen molar-refractivity contribution in [3.8, 4) is 5.75 Å². The molecule has 1 unspecified atom stereocenters. The summed E-state index contributed by atoms with van der Waals surface area (Å²) in [5, 5.41) is 0.729. The third-order valence-electron chi connectivity index (χ3n) is 3.26. The number of fused-ring (bicyclic) bond motifs is 1. The average molecular weight is 314 g/mol. The van der Waals surface area contributed by atoms with Crippen LogP contribution in [0.3, 0.4) is 0 Å². The first-order valence-electron chi connectivity index (χ1n) is 6.00. The van der Waals surface area contributed by atoms with Gasteiger partial charge in [0.2, 0.25) is 0 Å². The number of hydrogen-bond acceptors (Lipinski definition) is 1. The van der Waals surface area contributed by atoms with E-state index in [-0.39, 0.29) is 5.38 Å². The van der Waals surface area contributed by atoms with E-state index in [1.54, 1.807) is 6.07 Å². The van der Waals surface area contributed by atoms with Gasteiger partial charge in [-0.1, -0.05) is 47.5 Å². The Morgan fingerprint density at radius 2 is 1.95 bits per heavy atom. The second-order valence-electron chi connectivity index (χ2n) is 4.47. The van der Waals surface area contributed by atoms with Gasteiger partial charge in [0.15, 0.2) is 0 Å². The molecule has 2 aromatic rings. The predicted molar refractivity (Wildman–Crippen MR) is 79.8 cm³/mol. The molecule has 0 saturated carbocycles. The summed E-state index contributed by atoms with van der Waals surface area (Å²) in [7, 11) is 0. The molecule has 98 valence electrons. The molecule has 4 heteroatoms. The fourth-order valence-corrected chi connectivity index (χ4v) is 3.05. The van der Waals surface area contributed by atoms with Crippen LogP contribution in [0.4, 0.5) is 0 Å². The lowest BCUT2D eigenvalue weighted by atomic mass is 10.0. The van der Waals surface area contributed by atoms with Gasteiger partial charge < -0.3 is 4.74 Å². The minimum atomic E-state index is -0.308. The van der Waals surface area contributed by atoms with Crippen LogP contribution >= 0.6 is 34.8 Å². The minimum Gasteiger partial charge on any atom is -0.493 e. The lowest BCUT2D eigenvalue weighted by molar-refractivity contribution is 0.357. The van der Waals surface area contributed by atoms with Crippen LogP contribution in [-0.2, 0) is 6.42 Å². The largest absolute Gasteiger partial charge is 0.493 e. The molecular weight excluding hydrogens is 303 g/mol. The Morgan fingerprint density at radius 3 is 2.79 bits per heavy atom. The zero-order chi connectivity index (χ0) is 13.4. The predicted octanol–water partition coefficient (Wildman–Crippen LogP) is 5.26. The molecule has 0 amide bonds. The van der Waals surface area contributed by atoms with Gasteiger partial charge >= 0.3 is 0 Å². The topological polar surface area (TPSA) is 9.23 Å². The summed E-state index contributed by atoms with van der Waals surface area (Å²) < 4.78 is 5.49. The molecular formula is C15H11Cl3O. The second kappa shape index (κ2) is 5.24. The molecule has 0 N–H and O–H groups in total. The highest BCUT2D eigenvalue weighted by Crippen LogP contribution is 2.38. The maximum absolute atomic E-state index is 6.53. The van der Waals surface area contributed by atoms with Gasteiger partial charge in [-0.2, -0.15) is 0 Å². The van der Waals surface area contributed by atoms with E-state index in [2.05, 4.69) is 6.07 Å². The van der Waals surface area contributed by atoms with Crippen molar-refractivity contribution in [3.63, 3.8) is 0 Å². The van der Waals surface area contributed by atoms with Gasteiger partial charge in [0.05, 0.1) is 22.0 Å². The molecule has 0 bridgehead atoms. The van der Waals surface area contributed by atoms with E-state index in [1.807, 2.05) is 24.3 Å². The summed E-state index contributed by atoms with van der Waals surface area (Å²) in [5.41, 5.74) is 3.03. The lowest BCUT2D eigenvalue weighted by Crippen LogP contribution is -1.95. The third kappa shape index (κ3) is 2.43. The van der Waals surface area contributed by atoms with E-state index in [0.717, 1.165) is 29.9 Å². The maximum atomic E-state index is 6.53. The van der Waals surface area contributed by atoms with E-state index < -0.39 is 0 Å². The van der Waals surface area contributed by atoms with Crippen molar-refractivity contribution in [2.45, 2.75) is 11.8 Å². The Hall–Kier alpha value is -0.890. The first-order valence-corrected chi connectivity index (χ1v) is 7.19. The average Bonchev–Trinajstić information content (AvgIpc) is 2.88. The second-order valence-corrected chi connectivity index (χ2v) is 5.69. The lowest BCUT2D eigenvalue weighted by Gasteiger charge is -2.14. The summed E-state index contributed by atoms with van der Waals surface area (Å²) in [6, 6.07) is 11.5. The Bertz CT molecular complexity index is 625. The summed E-state index contributed by atoms with van der Waals surface area (Å²) in [6.07, 6.45) is 0.927. The van der Waals surface area contributed by atoms with Gasteiger partial charge in [-0.05, 0) is 28.8 Å². The van der Waals surface area contributed by atoms with Crippen LogP contribution in [0.5, 0.6) is 5.75 Å². The number of halogens is 3. The van der Waals surface area contributed by atoms with E-state index in [9.17, 15) is 0 Å². The monoisotopic (exact) mass is 312 g/mol. The molecule has 1 nitrogen and oxygen atoms in total. The van der Waals surface area contributed by atoms with Gasteiger partial charge in [-0.15, -0.1) is 11.6 Å². The highest BCUT2D eigenvalue weighted by atomic mass is 35.5. The zero-order valence-electron chi connectivity index (χ0n) is 10.00. The van der Waals surface area contributed by atoms with Crippen LogP contribution in [0.15, 0.2) is 36.4 Å². The van der Waals surface area contributed by atoms with E-state index in [0.29, 0.717) is 10.0 Å². The summed E-state index contributed by atoms with van der Waals surface area (Å²) >= 11 is 18.8. The summed E-state index contributed by atoms with van der Waals surface area (Å²) in [5.74, 6) is 0.949. The minimum absolute atomic E-state index is 0.308. The molecule has 0 saturated heterocycles. The molecule has 19 heavy (non-hydrogen) atoms. The number of rotatable bonds is 2. The van der Waals surface area contributed by atoms with Crippen LogP contribution in [0.25, 0.3) is 0 Å². The summed E-state index contributed by atoms with van der Waals surface area (Å²) in [6.45, 7) is 0.740. The van der Waals surface area contributed by atoms with E-state index in [1.165, 1.54) is 5.56 Å². The maximum Gasteiger partial charge on any atom is 0.122 e. The Morgan fingerprint density at radius 1 is 1.11 bits per heavy atom. The first-order chi connectivity index (χ1) is 9.16. The first kappa shape index (κ1) is 13.1. The Kier molecular flexibility index (Phi) is 3.62. The standard InChI is InChI=1S/C15H11Cl3O/c16-12-3-1-2-11(15(12)18)14(17)10-4-5-13-9(8-10)6-7-19-13/h1-5,8,14H,6-7H2. The molecule has 0 fully saturated rings. The number of ether oxygens (including phenoxy) is 1. The van der Waals surface area contributed by atoms with Crippen molar-refractivity contribution in [2.75, 3.05) is 6.61 Å². The van der Waals surface area contributed by atoms with Crippen molar-refractivity contribution < 1.29 is 4.74 Å². The molecule has 1 aliphatic rings. The Balaban J connectivity index is 2.00. The molecule has 1 heterocycles. The molecule has 0 spiro atoms. The van der Waals surface area contributed by atoms with Crippen LogP contribution in [-0.4, -0.2) is 6.61 Å². The van der Waals surface area contributed by atoms with E-state index >= 15 is 0 Å². The van der Waals surface area contributed by atoms with Gasteiger partial charge in [0.1, 0.15) is 5.75 Å². The molecule has 0 aliphatic carbocycles. The fourth-order valence-electron chi connectivity index (χ4n) is 2.26. The Labute approximate surface area is 127 Å². The van der Waals surface area contributed by atoms with Crippen LogP contribution in [0.2, 0.25) is 10.0 Å². The third-order valence-corrected chi connectivity index (χ3v) is 4.58. The van der Waals surface area contributed by atoms with Crippen LogP contribution < -0.4 is 4.74 Å². The van der Waals surface area contributed by atoms with Crippen molar-refractivity contribution >= 4 is 34.8 Å². The highest BCUT2D eigenvalue weighted by Gasteiger charge is 2.19. The highest BCUT2D eigenvalue weighted by molar-refractivity contribution is 6.43. The zero-order valence-corrected chi connectivity index (χ0v) is 12.3. The number of hydrogen-bond donors (Lipinski definition) is 0. The summed E-state index contributed by atoms with van der Waals surface area (Å²) in [4.78, 5) is 0. The van der Waals surface area contributed by atoms with Crippen molar-refractivity contribution in [1.82, 2.24) is 0 Å². The van der Waals surface area contributed by atoms with Crippen molar-refractivity contribution in [2.24, 2.45) is 0 Å². The molecule has 1 atom stereocenters. The van der Waals surface area contributed by atoms with Crippen LogP contribution in [0, 0.1) is 0 Å². The van der Waals surface area contributed by atoms with Gasteiger partial charge in [0.25, 0.3) is 0 Å². The quantitative estimate of drug-likeness (QED) is 0.687. The molecule has 2 aromatic carbocycles. The molecule has 1 aliphatic heterocycles. The van der Waals surface area contributed by atoms with E-state index in [4.69, 9.17) is 39.5 Å². The fraction of sp³-hybridized carbons (Fsp3) is 0.200.